The molecule has 2 amide bonds. The molecule has 0 radical (unpaired) electrons. The molecule has 1 heterocycles. The number of halogens is 1. The molecule has 0 bridgehead atoms. The molecule has 0 fully saturated rings. The highest BCUT2D eigenvalue weighted by Gasteiger charge is 2.42. The summed E-state index contributed by atoms with van der Waals surface area (Å²) in [4.78, 5) is 27.3. The third kappa shape index (κ3) is 3.02. The molecule has 2 aromatic rings. The van der Waals surface area contributed by atoms with Crippen molar-refractivity contribution in [3.05, 3.63) is 64.7 Å². The van der Waals surface area contributed by atoms with E-state index < -0.39 is 6.04 Å². The fourth-order valence-corrected chi connectivity index (χ4v) is 3.01. The first-order chi connectivity index (χ1) is 11.3. The minimum Gasteiger partial charge on any atom is -0.349 e. The molecule has 1 aliphatic heterocycles. The van der Waals surface area contributed by atoms with E-state index in [0.717, 1.165) is 5.56 Å². The van der Waals surface area contributed by atoms with E-state index in [1.165, 1.54) is 4.90 Å². The summed E-state index contributed by atoms with van der Waals surface area (Å²) < 4.78 is 0. The molecule has 24 heavy (non-hydrogen) atoms. The zero-order valence-corrected chi connectivity index (χ0v) is 14.6. The van der Waals surface area contributed by atoms with Gasteiger partial charge in [0.15, 0.2) is 0 Å². The summed E-state index contributed by atoms with van der Waals surface area (Å²) in [6.45, 7) is 5.75. The monoisotopic (exact) mass is 342 g/mol. The average Bonchev–Trinajstić information content (AvgIpc) is 2.80. The number of amides is 2. The van der Waals surface area contributed by atoms with Crippen LogP contribution < -0.4 is 10.2 Å². The third-order valence-corrected chi connectivity index (χ3v) is 4.07. The molecule has 1 atom stereocenters. The molecule has 2 aromatic carbocycles. The molecule has 0 saturated heterocycles. The largest absolute Gasteiger partial charge is 0.349 e. The fraction of sp³-hybridized carbons (Fsp3) is 0.263. The first-order valence-electron chi connectivity index (χ1n) is 7.78. The summed E-state index contributed by atoms with van der Waals surface area (Å²) in [5, 5.41) is 3.56. The number of hydrogen-bond acceptors (Lipinski definition) is 2. The van der Waals surface area contributed by atoms with Crippen molar-refractivity contribution in [2.24, 2.45) is 0 Å². The van der Waals surface area contributed by atoms with Gasteiger partial charge in [-0.3, -0.25) is 14.5 Å². The van der Waals surface area contributed by atoms with Crippen molar-refractivity contribution >= 4 is 29.1 Å². The summed E-state index contributed by atoms with van der Waals surface area (Å²) in [6, 6.07) is 13.5. The van der Waals surface area contributed by atoms with E-state index in [0.29, 0.717) is 16.3 Å². The van der Waals surface area contributed by atoms with Gasteiger partial charge in [-0.2, -0.15) is 0 Å². The Morgan fingerprint density at radius 3 is 2.33 bits per heavy atom. The number of benzene rings is 2. The molecule has 0 aliphatic carbocycles. The topological polar surface area (TPSA) is 49.4 Å². The zero-order valence-electron chi connectivity index (χ0n) is 13.8. The predicted molar refractivity (Wildman–Crippen MR) is 95.3 cm³/mol. The summed E-state index contributed by atoms with van der Waals surface area (Å²) in [6.07, 6.45) is 0. The van der Waals surface area contributed by atoms with Gasteiger partial charge in [-0.1, -0.05) is 29.8 Å². The lowest BCUT2D eigenvalue weighted by atomic mass is 10.0. The lowest BCUT2D eigenvalue weighted by molar-refractivity contribution is -0.123. The van der Waals surface area contributed by atoms with Crippen LogP contribution >= 0.6 is 11.6 Å². The Labute approximate surface area is 146 Å². The quantitative estimate of drug-likeness (QED) is 0.898. The second-order valence-corrected chi connectivity index (χ2v) is 7.32. The third-order valence-electron chi connectivity index (χ3n) is 3.81. The number of anilines is 1. The second kappa shape index (κ2) is 5.95. The molecule has 3 rings (SSSR count). The van der Waals surface area contributed by atoms with Gasteiger partial charge in [-0.25, -0.2) is 0 Å². The molecule has 5 heteroatoms. The van der Waals surface area contributed by atoms with E-state index in [2.05, 4.69) is 5.32 Å². The summed E-state index contributed by atoms with van der Waals surface area (Å²) in [5.41, 5.74) is 1.54. The maximum atomic E-state index is 12.9. The van der Waals surface area contributed by atoms with E-state index in [1.807, 2.05) is 32.9 Å². The SMILES string of the molecule is CC(C)(C)NC(=O)C1c2ccccc2C(=O)N1c1ccc(Cl)cc1. The second-order valence-electron chi connectivity index (χ2n) is 6.88. The predicted octanol–water partition coefficient (Wildman–Crippen LogP) is 3.96. The van der Waals surface area contributed by atoms with Crippen LogP contribution in [0.2, 0.25) is 5.02 Å². The van der Waals surface area contributed by atoms with Gasteiger partial charge in [0, 0.05) is 21.8 Å². The molecule has 0 spiro atoms. The lowest BCUT2D eigenvalue weighted by Crippen LogP contribution is -2.47. The van der Waals surface area contributed by atoms with Crippen LogP contribution in [-0.4, -0.2) is 17.4 Å². The number of fused-ring (bicyclic) bond motifs is 1. The molecule has 0 aromatic heterocycles. The number of carbonyl (C=O) groups is 2. The van der Waals surface area contributed by atoms with Crippen LogP contribution in [0.4, 0.5) is 5.69 Å². The average molecular weight is 343 g/mol. The fourth-order valence-electron chi connectivity index (χ4n) is 2.88. The van der Waals surface area contributed by atoms with Gasteiger partial charge in [0.25, 0.3) is 5.91 Å². The van der Waals surface area contributed by atoms with E-state index >= 15 is 0 Å². The highest BCUT2D eigenvalue weighted by Crippen LogP contribution is 2.38. The Bertz CT molecular complexity index is 794. The summed E-state index contributed by atoms with van der Waals surface area (Å²) in [7, 11) is 0. The molecule has 1 unspecified atom stereocenters. The zero-order chi connectivity index (χ0) is 17.5. The van der Waals surface area contributed by atoms with Gasteiger partial charge in [-0.15, -0.1) is 0 Å². The molecule has 1 N–H and O–H groups in total. The number of hydrogen-bond donors (Lipinski definition) is 1. The minimum atomic E-state index is -0.686. The van der Waals surface area contributed by atoms with Crippen LogP contribution in [-0.2, 0) is 4.79 Å². The molecular formula is C19H19ClN2O2. The van der Waals surface area contributed by atoms with Crippen molar-refractivity contribution in [3.8, 4) is 0 Å². The number of nitrogens with one attached hydrogen (secondary N) is 1. The van der Waals surface area contributed by atoms with Crippen LogP contribution in [0, 0.1) is 0 Å². The van der Waals surface area contributed by atoms with Gasteiger partial charge in [0.05, 0.1) is 0 Å². The minimum absolute atomic E-state index is 0.179. The first-order valence-corrected chi connectivity index (χ1v) is 8.16. The Hall–Kier alpha value is -2.33. The lowest BCUT2D eigenvalue weighted by Gasteiger charge is -2.28. The van der Waals surface area contributed by atoms with E-state index in [9.17, 15) is 9.59 Å². The van der Waals surface area contributed by atoms with Gasteiger partial charge in [0.1, 0.15) is 6.04 Å². The maximum Gasteiger partial charge on any atom is 0.259 e. The summed E-state index contributed by atoms with van der Waals surface area (Å²) in [5.74, 6) is -0.377. The Morgan fingerprint density at radius 2 is 1.71 bits per heavy atom. The number of carbonyl (C=O) groups excluding carboxylic acids is 2. The number of rotatable bonds is 2. The van der Waals surface area contributed by atoms with Gasteiger partial charge >= 0.3 is 0 Å². The first kappa shape index (κ1) is 16.5. The van der Waals surface area contributed by atoms with Crippen LogP contribution in [0.1, 0.15) is 42.7 Å². The van der Waals surface area contributed by atoms with Crippen LogP contribution in [0.5, 0.6) is 0 Å². The molecule has 0 saturated carbocycles. The smallest absolute Gasteiger partial charge is 0.259 e. The van der Waals surface area contributed by atoms with Crippen molar-refractivity contribution in [2.75, 3.05) is 4.90 Å². The van der Waals surface area contributed by atoms with Crippen LogP contribution in [0.3, 0.4) is 0 Å². The van der Waals surface area contributed by atoms with Crippen molar-refractivity contribution < 1.29 is 9.59 Å². The van der Waals surface area contributed by atoms with E-state index in [1.54, 1.807) is 36.4 Å². The normalized spacial score (nSPS) is 16.9. The molecule has 4 nitrogen and oxygen atoms in total. The van der Waals surface area contributed by atoms with Gasteiger partial charge < -0.3 is 5.32 Å². The Balaban J connectivity index is 2.07. The highest BCUT2D eigenvalue weighted by atomic mass is 35.5. The van der Waals surface area contributed by atoms with Crippen molar-refractivity contribution in [3.63, 3.8) is 0 Å². The van der Waals surface area contributed by atoms with Crippen LogP contribution in [0.25, 0.3) is 0 Å². The Kier molecular flexibility index (Phi) is 4.10. The molecular weight excluding hydrogens is 324 g/mol. The van der Waals surface area contributed by atoms with E-state index in [4.69, 9.17) is 11.6 Å². The van der Waals surface area contributed by atoms with Crippen molar-refractivity contribution in [2.45, 2.75) is 32.4 Å². The summed E-state index contributed by atoms with van der Waals surface area (Å²) >= 11 is 5.95. The van der Waals surface area contributed by atoms with E-state index in [-0.39, 0.29) is 17.4 Å². The highest BCUT2D eigenvalue weighted by molar-refractivity contribution is 6.30. The van der Waals surface area contributed by atoms with Crippen molar-refractivity contribution in [1.82, 2.24) is 5.32 Å². The number of nitrogens with zero attached hydrogens (tertiary/aromatic N) is 1. The molecule has 124 valence electrons. The Morgan fingerprint density at radius 1 is 1.08 bits per heavy atom. The van der Waals surface area contributed by atoms with Gasteiger partial charge in [-0.05, 0) is 56.7 Å². The standard InChI is InChI=1S/C19H19ClN2O2/c1-19(2,3)21-17(23)16-14-6-4-5-7-15(14)18(24)22(16)13-10-8-12(20)9-11-13/h4-11,16H,1-3H3,(H,21,23). The van der Waals surface area contributed by atoms with Crippen molar-refractivity contribution in [1.29, 1.82) is 0 Å². The van der Waals surface area contributed by atoms with Gasteiger partial charge in [0.2, 0.25) is 5.91 Å². The maximum absolute atomic E-state index is 12.9. The van der Waals surface area contributed by atoms with Crippen LogP contribution in [0.15, 0.2) is 48.5 Å². The molecule has 1 aliphatic rings.